The van der Waals surface area contributed by atoms with Crippen LogP contribution in [0.25, 0.3) is 6.08 Å². The summed E-state index contributed by atoms with van der Waals surface area (Å²) in [4.78, 5) is 24.8. The van der Waals surface area contributed by atoms with Crippen molar-refractivity contribution in [1.82, 2.24) is 4.90 Å². The first-order valence-corrected chi connectivity index (χ1v) is 7.62. The van der Waals surface area contributed by atoms with Crippen molar-refractivity contribution < 1.29 is 18.7 Å². The fourth-order valence-corrected chi connectivity index (χ4v) is 1.87. The molecule has 2 rings (SSSR count). The van der Waals surface area contributed by atoms with E-state index in [4.69, 9.17) is 4.74 Å². The van der Waals surface area contributed by atoms with Gasteiger partial charge in [-0.05, 0) is 48.0 Å². The largest absolute Gasteiger partial charge is 0.484 e. The van der Waals surface area contributed by atoms with Gasteiger partial charge in [0.25, 0.3) is 5.91 Å². The van der Waals surface area contributed by atoms with Crippen LogP contribution in [0.4, 0.5) is 10.1 Å². The van der Waals surface area contributed by atoms with Gasteiger partial charge in [-0.3, -0.25) is 9.59 Å². The molecule has 0 aliphatic rings. The van der Waals surface area contributed by atoms with Crippen LogP contribution in [0.2, 0.25) is 0 Å². The van der Waals surface area contributed by atoms with Gasteiger partial charge in [0.05, 0.1) is 0 Å². The Morgan fingerprint density at radius 1 is 1.16 bits per heavy atom. The third-order valence-electron chi connectivity index (χ3n) is 3.26. The Labute approximate surface area is 145 Å². The van der Waals surface area contributed by atoms with E-state index in [1.165, 1.54) is 29.2 Å². The quantitative estimate of drug-likeness (QED) is 0.821. The highest BCUT2D eigenvalue weighted by atomic mass is 19.1. The molecule has 5 nitrogen and oxygen atoms in total. The second kappa shape index (κ2) is 8.63. The lowest BCUT2D eigenvalue weighted by atomic mass is 10.2. The average molecular weight is 342 g/mol. The maximum atomic E-state index is 13.1. The maximum Gasteiger partial charge on any atom is 0.259 e. The number of nitrogens with one attached hydrogen (secondary N) is 1. The molecule has 0 atom stereocenters. The fraction of sp³-hybridized carbons (Fsp3) is 0.158. The highest BCUT2D eigenvalue weighted by molar-refractivity contribution is 6.01. The number of anilines is 1. The molecule has 2 aromatic carbocycles. The minimum Gasteiger partial charge on any atom is -0.484 e. The molecule has 2 amide bonds. The Morgan fingerprint density at radius 3 is 2.52 bits per heavy atom. The van der Waals surface area contributed by atoms with Gasteiger partial charge in [0.1, 0.15) is 11.6 Å². The van der Waals surface area contributed by atoms with Gasteiger partial charge in [-0.2, -0.15) is 0 Å². The molecule has 1 N–H and O–H groups in total. The van der Waals surface area contributed by atoms with E-state index in [0.717, 1.165) is 0 Å². The molecule has 0 unspecified atom stereocenters. The first-order chi connectivity index (χ1) is 11.9. The van der Waals surface area contributed by atoms with Gasteiger partial charge in [-0.1, -0.05) is 12.1 Å². The topological polar surface area (TPSA) is 58.6 Å². The monoisotopic (exact) mass is 342 g/mol. The molecular formula is C19H19FN2O3. The molecule has 0 radical (unpaired) electrons. The number of likely N-dealkylation sites (N-methyl/N-ethyl adjacent to an activating group) is 1. The summed E-state index contributed by atoms with van der Waals surface area (Å²) in [5.74, 6) is -0.296. The summed E-state index contributed by atoms with van der Waals surface area (Å²) in [5, 5.41) is 2.69. The minimum atomic E-state index is -0.356. The molecule has 0 aromatic heterocycles. The molecule has 0 bridgehead atoms. The van der Waals surface area contributed by atoms with Crippen molar-refractivity contribution in [3.05, 3.63) is 66.0 Å². The van der Waals surface area contributed by atoms with Crippen molar-refractivity contribution in [2.24, 2.45) is 0 Å². The van der Waals surface area contributed by atoms with Gasteiger partial charge in [-0.25, -0.2) is 4.39 Å². The number of carbonyl (C=O) groups excluding carboxylic acids is 2. The Balaban J connectivity index is 1.88. The summed E-state index contributed by atoms with van der Waals surface area (Å²) in [7, 11) is 3.31. The number of rotatable bonds is 6. The molecular weight excluding hydrogens is 323 g/mol. The Hall–Kier alpha value is -3.15. The van der Waals surface area contributed by atoms with Gasteiger partial charge in [0.2, 0.25) is 5.91 Å². The predicted molar refractivity (Wildman–Crippen MR) is 94.7 cm³/mol. The van der Waals surface area contributed by atoms with E-state index in [2.05, 4.69) is 5.32 Å². The van der Waals surface area contributed by atoms with Gasteiger partial charge in [0.15, 0.2) is 6.61 Å². The maximum absolute atomic E-state index is 13.1. The van der Waals surface area contributed by atoms with Crippen molar-refractivity contribution in [2.45, 2.75) is 0 Å². The van der Waals surface area contributed by atoms with Crippen LogP contribution in [0.5, 0.6) is 5.75 Å². The van der Waals surface area contributed by atoms with E-state index in [0.29, 0.717) is 17.0 Å². The highest BCUT2D eigenvalue weighted by Gasteiger charge is 2.05. The number of halogens is 1. The minimum absolute atomic E-state index is 0.0465. The third-order valence-corrected chi connectivity index (χ3v) is 3.26. The van der Waals surface area contributed by atoms with Gasteiger partial charge in [0, 0.05) is 25.9 Å². The highest BCUT2D eigenvalue weighted by Crippen LogP contribution is 2.16. The summed E-state index contributed by atoms with van der Waals surface area (Å²) >= 11 is 0. The smallest absolute Gasteiger partial charge is 0.259 e. The number of nitrogens with zero attached hydrogens (tertiary/aromatic N) is 1. The summed E-state index contributed by atoms with van der Waals surface area (Å²) in [6, 6.07) is 12.6. The lowest BCUT2D eigenvalue weighted by Crippen LogP contribution is -2.27. The lowest BCUT2D eigenvalue weighted by molar-refractivity contribution is -0.130. The first-order valence-electron chi connectivity index (χ1n) is 7.62. The van der Waals surface area contributed by atoms with E-state index in [1.54, 1.807) is 50.5 Å². The number of ether oxygens (including phenoxy) is 1. The summed E-state index contributed by atoms with van der Waals surface area (Å²) in [6.07, 6.45) is 2.86. The van der Waals surface area contributed by atoms with E-state index in [1.807, 2.05) is 0 Å². The van der Waals surface area contributed by atoms with Crippen molar-refractivity contribution in [1.29, 1.82) is 0 Å². The van der Waals surface area contributed by atoms with Crippen LogP contribution >= 0.6 is 0 Å². The summed E-state index contributed by atoms with van der Waals surface area (Å²) in [5.41, 5.74) is 1.18. The second-order valence-electron chi connectivity index (χ2n) is 5.48. The molecule has 0 heterocycles. The number of amides is 2. The molecule has 130 valence electrons. The van der Waals surface area contributed by atoms with Crippen LogP contribution in [0.3, 0.4) is 0 Å². The zero-order valence-electron chi connectivity index (χ0n) is 14.0. The van der Waals surface area contributed by atoms with Crippen LogP contribution in [-0.4, -0.2) is 37.4 Å². The van der Waals surface area contributed by atoms with Crippen LogP contribution in [0.1, 0.15) is 5.56 Å². The third kappa shape index (κ3) is 6.10. The molecule has 0 aliphatic carbocycles. The molecule has 0 spiro atoms. The lowest BCUT2D eigenvalue weighted by Gasteiger charge is -2.11. The second-order valence-corrected chi connectivity index (χ2v) is 5.48. The molecule has 25 heavy (non-hydrogen) atoms. The van der Waals surface area contributed by atoms with E-state index in [9.17, 15) is 14.0 Å². The van der Waals surface area contributed by atoms with Crippen molar-refractivity contribution in [3.63, 3.8) is 0 Å². The fourth-order valence-electron chi connectivity index (χ4n) is 1.87. The molecule has 2 aromatic rings. The number of hydrogen-bond acceptors (Lipinski definition) is 3. The SMILES string of the molecule is CN(C)C(=O)COc1ccc(NC(=O)/C=C/c2cccc(F)c2)cc1. The number of hydrogen-bond donors (Lipinski definition) is 1. The zero-order chi connectivity index (χ0) is 18.2. The van der Waals surface area contributed by atoms with Crippen molar-refractivity contribution in [2.75, 3.05) is 26.0 Å². The normalized spacial score (nSPS) is 10.5. The van der Waals surface area contributed by atoms with E-state index < -0.39 is 0 Å². The van der Waals surface area contributed by atoms with E-state index >= 15 is 0 Å². The van der Waals surface area contributed by atoms with Crippen LogP contribution in [0.15, 0.2) is 54.6 Å². The Morgan fingerprint density at radius 2 is 1.88 bits per heavy atom. The predicted octanol–water partition coefficient (Wildman–Crippen LogP) is 2.94. The zero-order valence-corrected chi connectivity index (χ0v) is 14.0. The van der Waals surface area contributed by atoms with Crippen LogP contribution in [-0.2, 0) is 9.59 Å². The van der Waals surface area contributed by atoms with Crippen LogP contribution in [0, 0.1) is 5.82 Å². The number of benzene rings is 2. The van der Waals surface area contributed by atoms with Crippen molar-refractivity contribution in [3.8, 4) is 5.75 Å². The molecule has 0 saturated carbocycles. The van der Waals surface area contributed by atoms with Crippen molar-refractivity contribution >= 4 is 23.6 Å². The molecule has 0 saturated heterocycles. The summed E-state index contributed by atoms with van der Waals surface area (Å²) < 4.78 is 18.4. The Bertz CT molecular complexity index is 770. The van der Waals surface area contributed by atoms with Gasteiger partial charge < -0.3 is 15.0 Å². The molecule has 6 heteroatoms. The standard InChI is InChI=1S/C19H19FN2O3/c1-22(2)19(24)13-25-17-9-7-16(8-10-17)21-18(23)11-6-14-4-3-5-15(20)12-14/h3-12H,13H2,1-2H3,(H,21,23)/b11-6+. The van der Waals surface area contributed by atoms with Gasteiger partial charge in [-0.15, -0.1) is 0 Å². The number of carbonyl (C=O) groups is 2. The summed E-state index contributed by atoms with van der Waals surface area (Å²) in [6.45, 7) is -0.0465. The van der Waals surface area contributed by atoms with Crippen LogP contribution < -0.4 is 10.1 Å². The van der Waals surface area contributed by atoms with E-state index in [-0.39, 0.29) is 24.2 Å². The molecule has 0 aliphatic heterocycles. The molecule has 0 fully saturated rings. The van der Waals surface area contributed by atoms with Gasteiger partial charge >= 0.3 is 0 Å². The Kier molecular flexibility index (Phi) is 6.28. The first kappa shape index (κ1) is 18.2. The average Bonchev–Trinajstić information content (AvgIpc) is 2.59.